The van der Waals surface area contributed by atoms with Gasteiger partial charge in [-0.3, -0.25) is 19.2 Å². The zero-order valence-electron chi connectivity index (χ0n) is 13.9. The summed E-state index contributed by atoms with van der Waals surface area (Å²) in [6, 6.07) is -1.77. The molecule has 0 saturated heterocycles. The highest BCUT2D eigenvalue weighted by Gasteiger charge is 2.15. The highest BCUT2D eigenvalue weighted by atomic mass is 16.5. The molecule has 11 nitrogen and oxygen atoms in total. The molecule has 0 rings (SSSR count). The van der Waals surface area contributed by atoms with Crippen LogP contribution in [0.15, 0.2) is 0 Å². The van der Waals surface area contributed by atoms with E-state index in [4.69, 9.17) is 26.4 Å². The molecule has 0 saturated carbocycles. The first-order valence-corrected chi connectivity index (χ1v) is 7.82. The van der Waals surface area contributed by atoms with Crippen LogP contribution in [0.5, 0.6) is 0 Å². The number of carbonyl (C=O) groups excluding carboxylic acids is 2. The van der Waals surface area contributed by atoms with Crippen molar-refractivity contribution in [3.63, 3.8) is 0 Å². The molecule has 0 aliphatic heterocycles. The summed E-state index contributed by atoms with van der Waals surface area (Å²) in [4.78, 5) is 43.8. The number of amides is 2. The standard InChI is InChI=1S/C14H26N4O7/c15-9(1-3-11(19)20)13(23)17-5-7-25-8-6-18-14(24)10(16)2-4-12(21)22/h9-10H,1-8,15-16H2,(H,17,23)(H,18,24)(H,19,20)(H,21,22). The van der Waals surface area contributed by atoms with E-state index in [9.17, 15) is 19.2 Å². The van der Waals surface area contributed by atoms with E-state index >= 15 is 0 Å². The molecule has 2 atom stereocenters. The number of hydrogen-bond acceptors (Lipinski definition) is 7. The minimum atomic E-state index is -1.02. The summed E-state index contributed by atoms with van der Waals surface area (Å²) in [5.74, 6) is -2.95. The Hall–Kier alpha value is -2.24. The minimum Gasteiger partial charge on any atom is -0.481 e. The van der Waals surface area contributed by atoms with Crippen molar-refractivity contribution in [3.05, 3.63) is 0 Å². The Bertz CT molecular complexity index is 418. The average Bonchev–Trinajstić information content (AvgIpc) is 2.55. The van der Waals surface area contributed by atoms with Gasteiger partial charge in [0.15, 0.2) is 0 Å². The Morgan fingerprint density at radius 1 is 0.800 bits per heavy atom. The van der Waals surface area contributed by atoms with Gasteiger partial charge in [-0.05, 0) is 12.8 Å². The van der Waals surface area contributed by atoms with Gasteiger partial charge in [0.2, 0.25) is 11.8 Å². The van der Waals surface area contributed by atoms with Gasteiger partial charge in [0, 0.05) is 25.9 Å². The number of nitrogens with one attached hydrogen (secondary N) is 2. The van der Waals surface area contributed by atoms with Crippen molar-refractivity contribution in [2.75, 3.05) is 26.3 Å². The van der Waals surface area contributed by atoms with Crippen molar-refractivity contribution in [1.82, 2.24) is 10.6 Å². The minimum absolute atomic E-state index is 0.0518. The zero-order chi connectivity index (χ0) is 19.2. The molecule has 0 spiro atoms. The van der Waals surface area contributed by atoms with Crippen molar-refractivity contribution in [2.24, 2.45) is 11.5 Å². The number of aliphatic carboxylic acids is 2. The fourth-order valence-electron chi connectivity index (χ4n) is 1.68. The van der Waals surface area contributed by atoms with Gasteiger partial charge >= 0.3 is 11.9 Å². The van der Waals surface area contributed by atoms with E-state index in [0.29, 0.717) is 0 Å². The van der Waals surface area contributed by atoms with Crippen LogP contribution >= 0.6 is 0 Å². The van der Waals surface area contributed by atoms with E-state index < -0.39 is 35.8 Å². The van der Waals surface area contributed by atoms with Gasteiger partial charge in [-0.2, -0.15) is 0 Å². The van der Waals surface area contributed by atoms with Gasteiger partial charge in [-0.25, -0.2) is 0 Å². The summed E-state index contributed by atoms with van der Waals surface area (Å²) in [5.41, 5.74) is 11.0. The highest BCUT2D eigenvalue weighted by molar-refractivity contribution is 5.82. The molecule has 8 N–H and O–H groups in total. The first-order valence-electron chi connectivity index (χ1n) is 7.82. The van der Waals surface area contributed by atoms with Crippen LogP contribution in [0, 0.1) is 0 Å². The van der Waals surface area contributed by atoms with E-state index in [1.807, 2.05) is 0 Å². The third-order valence-corrected chi connectivity index (χ3v) is 3.10. The molecule has 25 heavy (non-hydrogen) atoms. The van der Waals surface area contributed by atoms with Crippen molar-refractivity contribution in [2.45, 2.75) is 37.8 Å². The summed E-state index contributed by atoms with van der Waals surface area (Å²) >= 11 is 0. The quantitative estimate of drug-likeness (QED) is 0.183. The number of carbonyl (C=O) groups is 4. The van der Waals surface area contributed by atoms with E-state index in [2.05, 4.69) is 10.6 Å². The molecule has 0 aromatic heterocycles. The topological polar surface area (TPSA) is 194 Å². The fourth-order valence-corrected chi connectivity index (χ4v) is 1.68. The lowest BCUT2D eigenvalue weighted by Crippen LogP contribution is -2.43. The normalized spacial score (nSPS) is 12.9. The maximum Gasteiger partial charge on any atom is 0.303 e. The Morgan fingerprint density at radius 2 is 1.16 bits per heavy atom. The lowest BCUT2D eigenvalue weighted by molar-refractivity contribution is -0.138. The molecule has 2 unspecified atom stereocenters. The van der Waals surface area contributed by atoms with Crippen LogP contribution in [0.1, 0.15) is 25.7 Å². The molecule has 0 aliphatic carbocycles. The van der Waals surface area contributed by atoms with E-state index in [0.717, 1.165) is 0 Å². The molecule has 0 bridgehead atoms. The average molecular weight is 362 g/mol. The number of ether oxygens (including phenoxy) is 1. The van der Waals surface area contributed by atoms with Gasteiger partial charge in [-0.1, -0.05) is 0 Å². The summed E-state index contributed by atoms with van der Waals surface area (Å²) in [6.45, 7) is 0.786. The Labute approximate surface area is 145 Å². The van der Waals surface area contributed by atoms with Gasteiger partial charge in [0.05, 0.1) is 25.3 Å². The second kappa shape index (κ2) is 13.1. The van der Waals surface area contributed by atoms with Crippen LogP contribution in [0.3, 0.4) is 0 Å². The zero-order valence-corrected chi connectivity index (χ0v) is 13.9. The number of hydrogen-bond donors (Lipinski definition) is 6. The van der Waals surface area contributed by atoms with E-state index in [1.54, 1.807) is 0 Å². The summed E-state index contributed by atoms with van der Waals surface area (Å²) in [7, 11) is 0. The molecule has 11 heteroatoms. The lowest BCUT2D eigenvalue weighted by Gasteiger charge is -2.12. The Balaban J connectivity index is 3.63. The van der Waals surface area contributed by atoms with Crippen LogP contribution in [-0.4, -0.2) is 72.4 Å². The molecule has 0 heterocycles. The van der Waals surface area contributed by atoms with Crippen molar-refractivity contribution >= 4 is 23.8 Å². The van der Waals surface area contributed by atoms with Crippen molar-refractivity contribution in [3.8, 4) is 0 Å². The lowest BCUT2D eigenvalue weighted by atomic mass is 10.1. The third-order valence-electron chi connectivity index (χ3n) is 3.10. The van der Waals surface area contributed by atoms with Gasteiger partial charge in [0.1, 0.15) is 0 Å². The van der Waals surface area contributed by atoms with Gasteiger partial charge in [-0.15, -0.1) is 0 Å². The SMILES string of the molecule is NC(CCC(=O)O)C(=O)NCCOCCNC(=O)C(N)CCC(=O)O. The number of nitrogens with two attached hydrogens (primary N) is 2. The molecule has 0 radical (unpaired) electrons. The fraction of sp³-hybridized carbons (Fsp3) is 0.714. The summed E-state index contributed by atoms with van der Waals surface area (Å²) in [5, 5.41) is 22.0. The van der Waals surface area contributed by atoms with Crippen molar-refractivity contribution in [1.29, 1.82) is 0 Å². The first kappa shape index (κ1) is 22.8. The molecule has 144 valence electrons. The molecule has 0 aliphatic rings. The molecule has 0 aromatic rings. The summed E-state index contributed by atoms with van der Waals surface area (Å²) < 4.78 is 5.19. The molecule has 2 amide bonds. The predicted molar refractivity (Wildman–Crippen MR) is 86.5 cm³/mol. The largest absolute Gasteiger partial charge is 0.481 e. The van der Waals surface area contributed by atoms with E-state index in [1.165, 1.54) is 0 Å². The Kier molecular flexibility index (Phi) is 11.9. The number of carboxylic acid groups (broad SMARTS) is 2. The molecule has 0 aromatic carbocycles. The summed E-state index contributed by atoms with van der Waals surface area (Å²) in [6.07, 6.45) is -0.259. The van der Waals surface area contributed by atoms with Crippen LogP contribution in [0.25, 0.3) is 0 Å². The smallest absolute Gasteiger partial charge is 0.303 e. The monoisotopic (exact) mass is 362 g/mol. The molecular formula is C14H26N4O7. The maximum atomic E-state index is 11.5. The first-order chi connectivity index (χ1) is 11.7. The van der Waals surface area contributed by atoms with Crippen LogP contribution in [-0.2, 0) is 23.9 Å². The van der Waals surface area contributed by atoms with Crippen LogP contribution < -0.4 is 22.1 Å². The van der Waals surface area contributed by atoms with E-state index in [-0.39, 0.29) is 52.0 Å². The maximum absolute atomic E-state index is 11.5. The highest BCUT2D eigenvalue weighted by Crippen LogP contribution is 1.95. The second-order valence-corrected chi connectivity index (χ2v) is 5.27. The number of carboxylic acids is 2. The number of rotatable bonds is 14. The van der Waals surface area contributed by atoms with Gasteiger partial charge < -0.3 is 37.1 Å². The third kappa shape index (κ3) is 12.8. The van der Waals surface area contributed by atoms with Crippen LogP contribution in [0.2, 0.25) is 0 Å². The second-order valence-electron chi connectivity index (χ2n) is 5.27. The Morgan fingerprint density at radius 3 is 1.48 bits per heavy atom. The molecular weight excluding hydrogens is 336 g/mol. The van der Waals surface area contributed by atoms with Crippen LogP contribution in [0.4, 0.5) is 0 Å². The predicted octanol–water partition coefficient (Wildman–Crippen LogP) is -2.38. The molecule has 0 fully saturated rings. The van der Waals surface area contributed by atoms with Crippen molar-refractivity contribution < 1.29 is 34.1 Å². The van der Waals surface area contributed by atoms with Gasteiger partial charge in [0.25, 0.3) is 0 Å².